The zero-order valence-corrected chi connectivity index (χ0v) is 10.2. The number of hydrogen-bond acceptors (Lipinski definition) is 4. The number of fused-ring (bicyclic) bond motifs is 5. The summed E-state index contributed by atoms with van der Waals surface area (Å²) in [5.74, 6) is -1.90. The molecule has 9 heteroatoms. The first-order valence-corrected chi connectivity index (χ1v) is 6.74. The van der Waals surface area contributed by atoms with E-state index in [2.05, 4.69) is 4.28 Å². The van der Waals surface area contributed by atoms with Crippen LogP contribution >= 0.6 is 0 Å². The van der Waals surface area contributed by atoms with Crippen LogP contribution in [-0.4, -0.2) is 32.0 Å². The van der Waals surface area contributed by atoms with Crippen molar-refractivity contribution in [3.63, 3.8) is 0 Å². The van der Waals surface area contributed by atoms with Crippen LogP contribution in [0.3, 0.4) is 0 Å². The summed E-state index contributed by atoms with van der Waals surface area (Å²) >= 11 is -3.65. The van der Waals surface area contributed by atoms with Gasteiger partial charge in [-0.25, -0.2) is 4.21 Å². The Kier molecular flexibility index (Phi) is 2.77. The first kappa shape index (κ1) is 13.1. The van der Waals surface area contributed by atoms with Crippen molar-refractivity contribution in [2.45, 2.75) is 18.2 Å². The van der Waals surface area contributed by atoms with E-state index in [1.807, 2.05) is 12.2 Å². The number of aliphatic hydroxyl groups excluding tert-OH is 1. The van der Waals surface area contributed by atoms with Crippen molar-refractivity contribution >= 4 is 17.0 Å². The second kappa shape index (κ2) is 4.03. The molecule has 1 saturated carbocycles. The lowest BCUT2D eigenvalue weighted by atomic mass is 9.85. The van der Waals surface area contributed by atoms with Crippen LogP contribution in [0, 0.1) is 23.7 Å². The molecule has 1 heterocycles. The Morgan fingerprint density at radius 1 is 1.37 bits per heavy atom. The Morgan fingerprint density at radius 2 is 2.00 bits per heavy atom. The van der Waals surface area contributed by atoms with E-state index in [0.29, 0.717) is 6.42 Å². The molecule has 1 aliphatic heterocycles. The van der Waals surface area contributed by atoms with Crippen LogP contribution in [0.4, 0.5) is 13.2 Å². The number of halogens is 3. The molecule has 0 aromatic heterocycles. The van der Waals surface area contributed by atoms with E-state index in [1.54, 1.807) is 0 Å². The van der Waals surface area contributed by atoms with E-state index in [4.69, 9.17) is 0 Å². The summed E-state index contributed by atoms with van der Waals surface area (Å²) in [6.45, 7) is 0. The molecule has 3 rings (SSSR count). The van der Waals surface area contributed by atoms with Gasteiger partial charge in [0.15, 0.2) is 6.23 Å². The molecule has 1 saturated heterocycles. The number of carbonyl (C=O) groups excluding carboxylic acids is 1. The summed E-state index contributed by atoms with van der Waals surface area (Å²) in [7, 11) is 0. The molecule has 2 aliphatic carbocycles. The van der Waals surface area contributed by atoms with Gasteiger partial charge in [0.2, 0.25) is 0 Å². The van der Waals surface area contributed by atoms with Gasteiger partial charge in [-0.3, -0.25) is 4.79 Å². The van der Waals surface area contributed by atoms with E-state index in [-0.39, 0.29) is 16.9 Å². The molecule has 0 aromatic rings. The largest absolute Gasteiger partial charge is 0.499 e. The van der Waals surface area contributed by atoms with Crippen LogP contribution in [0.5, 0.6) is 0 Å². The van der Waals surface area contributed by atoms with Gasteiger partial charge in [0.25, 0.3) is 17.0 Å². The number of hydrogen-bond donors (Lipinski definition) is 1. The van der Waals surface area contributed by atoms with E-state index >= 15 is 0 Å². The molecular weight excluding hydrogens is 287 g/mol. The van der Waals surface area contributed by atoms with E-state index < -0.39 is 40.6 Å². The highest BCUT2D eigenvalue weighted by molar-refractivity contribution is 7.81. The van der Waals surface area contributed by atoms with Gasteiger partial charge in [-0.05, 0) is 18.3 Å². The third-order valence-corrected chi connectivity index (χ3v) is 4.62. The highest BCUT2D eigenvalue weighted by atomic mass is 32.2. The van der Waals surface area contributed by atoms with Crippen LogP contribution in [-0.2, 0) is 20.2 Å². The van der Waals surface area contributed by atoms with Gasteiger partial charge in [-0.2, -0.15) is 22.5 Å². The molecule has 6 unspecified atom stereocenters. The average Bonchev–Trinajstić information content (AvgIpc) is 2.97. The van der Waals surface area contributed by atoms with Gasteiger partial charge in [0, 0.05) is 5.92 Å². The molecule has 1 N–H and O–H groups in total. The van der Waals surface area contributed by atoms with Crippen molar-refractivity contribution in [2.24, 2.45) is 23.7 Å². The van der Waals surface area contributed by atoms with E-state index in [9.17, 15) is 27.3 Å². The predicted octanol–water partition coefficient (Wildman–Crippen LogP) is 0.700. The molecule has 2 bridgehead atoms. The lowest BCUT2D eigenvalue weighted by molar-refractivity contribution is -0.184. The van der Waals surface area contributed by atoms with Crippen LogP contribution in [0.25, 0.3) is 0 Å². The Balaban J connectivity index is 1.79. The maximum absolute atomic E-state index is 12.2. The highest BCUT2D eigenvalue weighted by Gasteiger charge is 2.60. The zero-order chi connectivity index (χ0) is 13.9. The molecule has 0 aromatic carbocycles. The molecule has 3 aliphatic rings. The fourth-order valence-electron chi connectivity index (χ4n) is 3.24. The van der Waals surface area contributed by atoms with Crippen LogP contribution in [0.15, 0.2) is 12.2 Å². The van der Waals surface area contributed by atoms with Crippen LogP contribution in [0.1, 0.15) is 6.42 Å². The molecule has 19 heavy (non-hydrogen) atoms. The summed E-state index contributed by atoms with van der Waals surface area (Å²) in [5, 5.41) is 10.1. The smallest absolute Gasteiger partial charge is 0.371 e. The normalized spacial score (nSPS) is 42.0. The van der Waals surface area contributed by atoms with Crippen molar-refractivity contribution in [1.29, 1.82) is 0 Å². The number of nitrogens with zero attached hydrogens (tertiary/aromatic N) is 1. The lowest BCUT2D eigenvalue weighted by Gasteiger charge is -2.23. The zero-order valence-electron chi connectivity index (χ0n) is 9.41. The number of aliphatic hydroxyl groups is 1. The summed E-state index contributed by atoms with van der Waals surface area (Å²) in [6.07, 6.45) is 2.92. The van der Waals surface area contributed by atoms with Crippen molar-refractivity contribution in [1.82, 2.24) is 5.06 Å². The standard InChI is InChI=1S/C10H10F3NO4S/c11-10(12,13)19(17)18-14-8(15)6-4-1-2-5(3-4)7(6)9(14)16/h1-2,4-8,15H,3H2. The number of hydroxylamine groups is 2. The summed E-state index contributed by atoms with van der Waals surface area (Å²) in [6, 6.07) is 0. The maximum Gasteiger partial charge on any atom is 0.499 e. The Labute approximate surface area is 108 Å². The lowest BCUT2D eigenvalue weighted by Crippen LogP contribution is -2.39. The van der Waals surface area contributed by atoms with Gasteiger partial charge in [0.05, 0.1) is 5.92 Å². The minimum absolute atomic E-state index is 0.0399. The van der Waals surface area contributed by atoms with Gasteiger partial charge in [-0.15, -0.1) is 0 Å². The number of allylic oxidation sites excluding steroid dienone is 2. The molecule has 106 valence electrons. The fraction of sp³-hybridized carbons (Fsp3) is 0.700. The summed E-state index contributed by atoms with van der Waals surface area (Å²) in [4.78, 5) is 12.0. The van der Waals surface area contributed by atoms with Crippen molar-refractivity contribution in [3.8, 4) is 0 Å². The monoisotopic (exact) mass is 297 g/mol. The topological polar surface area (TPSA) is 66.8 Å². The molecular formula is C10H10F3NO4S. The Hall–Kier alpha value is -0.930. The van der Waals surface area contributed by atoms with E-state index in [0.717, 1.165) is 0 Å². The quantitative estimate of drug-likeness (QED) is 0.762. The Morgan fingerprint density at radius 3 is 2.58 bits per heavy atom. The third-order valence-electron chi connectivity index (χ3n) is 3.94. The fourth-order valence-corrected chi connectivity index (χ4v) is 3.64. The third kappa shape index (κ3) is 1.83. The van der Waals surface area contributed by atoms with Gasteiger partial charge >= 0.3 is 5.51 Å². The highest BCUT2D eigenvalue weighted by Crippen LogP contribution is 2.54. The number of rotatable bonds is 2. The second-order valence-corrected chi connectivity index (χ2v) is 5.97. The summed E-state index contributed by atoms with van der Waals surface area (Å²) < 4.78 is 51.4. The maximum atomic E-state index is 12.2. The van der Waals surface area contributed by atoms with Gasteiger partial charge in [0.1, 0.15) is 0 Å². The molecule has 0 radical (unpaired) electrons. The molecule has 2 fully saturated rings. The van der Waals surface area contributed by atoms with Crippen molar-refractivity contribution < 1.29 is 31.6 Å². The van der Waals surface area contributed by atoms with Crippen molar-refractivity contribution in [3.05, 3.63) is 12.2 Å². The molecule has 1 amide bonds. The van der Waals surface area contributed by atoms with Gasteiger partial charge in [-0.1, -0.05) is 12.2 Å². The molecule has 5 nitrogen and oxygen atoms in total. The van der Waals surface area contributed by atoms with E-state index in [1.165, 1.54) is 0 Å². The predicted molar refractivity (Wildman–Crippen MR) is 55.9 cm³/mol. The average molecular weight is 297 g/mol. The first-order chi connectivity index (χ1) is 8.80. The minimum Gasteiger partial charge on any atom is -0.371 e. The van der Waals surface area contributed by atoms with Crippen LogP contribution in [0.2, 0.25) is 0 Å². The summed E-state index contributed by atoms with van der Waals surface area (Å²) in [5.41, 5.74) is -5.09. The van der Waals surface area contributed by atoms with Crippen molar-refractivity contribution in [2.75, 3.05) is 0 Å². The minimum atomic E-state index is -5.09. The SMILES string of the molecule is O=C1C2C3C=CC(C3)C2C(O)N1OS(=O)C(F)(F)F. The number of alkyl halides is 3. The number of carbonyl (C=O) groups is 1. The number of amides is 1. The molecule has 0 spiro atoms. The first-order valence-electron chi connectivity index (χ1n) is 5.67. The van der Waals surface area contributed by atoms with Crippen LogP contribution < -0.4 is 0 Å². The Bertz CT molecular complexity index is 480. The second-order valence-electron chi connectivity index (χ2n) is 4.88. The molecule has 6 atom stereocenters. The van der Waals surface area contributed by atoms with Gasteiger partial charge < -0.3 is 5.11 Å².